The largest absolute Gasteiger partial charge is 0.506 e. The van der Waals surface area contributed by atoms with Crippen molar-refractivity contribution in [1.82, 2.24) is 9.97 Å². The minimum Gasteiger partial charge on any atom is -0.506 e. The summed E-state index contributed by atoms with van der Waals surface area (Å²) < 4.78 is 0. The average molecular weight is 203 g/mol. The number of nitrogens with one attached hydrogen (secondary N) is 1. The van der Waals surface area contributed by atoms with E-state index in [2.05, 4.69) is 9.97 Å². The summed E-state index contributed by atoms with van der Waals surface area (Å²) >= 11 is 0. The number of phenols is 1. The Kier molecular flexibility index (Phi) is 2.58. The van der Waals surface area contributed by atoms with Crippen molar-refractivity contribution in [3.05, 3.63) is 36.7 Å². The number of rotatable bonds is 3. The Balaban J connectivity index is 2.40. The topological polar surface area (TPSA) is 52.2 Å². The number of imidazole rings is 1. The number of aromatic hydroxyl groups is 1. The third-order valence-corrected chi connectivity index (χ3v) is 2.23. The molecule has 0 radical (unpaired) electrons. The molecule has 0 aliphatic rings. The summed E-state index contributed by atoms with van der Waals surface area (Å²) in [5.41, 5.74) is 0.759. The standard InChI is InChI=1S/C11H13N3O/c1-2-14(11-12-7-8-13-11)9-5-3-4-6-10(9)15/h3-8,15H,2H2,1H3,(H,12,13). The molecular formula is C11H13N3O. The first-order chi connectivity index (χ1) is 7.33. The first-order valence-electron chi connectivity index (χ1n) is 4.88. The smallest absolute Gasteiger partial charge is 0.207 e. The predicted octanol–water partition coefficient (Wildman–Crippen LogP) is 2.27. The maximum Gasteiger partial charge on any atom is 0.207 e. The Labute approximate surface area is 88.2 Å². The summed E-state index contributed by atoms with van der Waals surface area (Å²) in [6.45, 7) is 2.75. The molecule has 2 N–H and O–H groups in total. The highest BCUT2D eigenvalue weighted by atomic mass is 16.3. The molecule has 0 saturated heterocycles. The number of H-pyrrole nitrogens is 1. The van der Waals surface area contributed by atoms with E-state index < -0.39 is 0 Å². The molecule has 0 atom stereocenters. The number of para-hydroxylation sites is 2. The molecule has 4 nitrogen and oxygen atoms in total. The highest BCUT2D eigenvalue weighted by Crippen LogP contribution is 2.30. The maximum absolute atomic E-state index is 9.73. The number of benzene rings is 1. The normalized spacial score (nSPS) is 10.2. The lowest BCUT2D eigenvalue weighted by atomic mass is 10.2. The lowest BCUT2D eigenvalue weighted by Gasteiger charge is -2.20. The third-order valence-electron chi connectivity index (χ3n) is 2.23. The molecule has 0 saturated carbocycles. The summed E-state index contributed by atoms with van der Waals surface area (Å²) in [6, 6.07) is 7.22. The molecule has 1 heterocycles. The molecule has 1 aromatic heterocycles. The van der Waals surface area contributed by atoms with Crippen LogP contribution in [0.5, 0.6) is 5.75 Å². The molecule has 2 aromatic rings. The van der Waals surface area contributed by atoms with Crippen LogP contribution < -0.4 is 4.90 Å². The van der Waals surface area contributed by atoms with E-state index in [0.717, 1.165) is 18.2 Å². The van der Waals surface area contributed by atoms with Crippen LogP contribution in [0.4, 0.5) is 11.6 Å². The molecule has 0 bridgehead atoms. The van der Waals surface area contributed by atoms with Gasteiger partial charge in [-0.05, 0) is 19.1 Å². The van der Waals surface area contributed by atoms with Crippen molar-refractivity contribution < 1.29 is 5.11 Å². The first kappa shape index (κ1) is 9.58. The van der Waals surface area contributed by atoms with Gasteiger partial charge in [0.05, 0.1) is 5.69 Å². The lowest BCUT2D eigenvalue weighted by Crippen LogP contribution is -2.17. The van der Waals surface area contributed by atoms with Crippen LogP contribution in [0.1, 0.15) is 6.92 Å². The number of aromatic nitrogens is 2. The minimum atomic E-state index is 0.260. The van der Waals surface area contributed by atoms with Crippen molar-refractivity contribution in [1.29, 1.82) is 0 Å². The molecule has 0 amide bonds. The van der Waals surface area contributed by atoms with E-state index in [1.54, 1.807) is 24.5 Å². The quantitative estimate of drug-likeness (QED) is 0.804. The summed E-state index contributed by atoms with van der Waals surface area (Å²) in [4.78, 5) is 9.09. The van der Waals surface area contributed by atoms with Crippen LogP contribution >= 0.6 is 0 Å². The Bertz CT molecular complexity index is 425. The van der Waals surface area contributed by atoms with Gasteiger partial charge in [0.25, 0.3) is 0 Å². The second-order valence-corrected chi connectivity index (χ2v) is 3.15. The van der Waals surface area contributed by atoms with E-state index in [4.69, 9.17) is 0 Å². The fraction of sp³-hybridized carbons (Fsp3) is 0.182. The van der Waals surface area contributed by atoms with Crippen LogP contribution in [0.15, 0.2) is 36.7 Å². The maximum atomic E-state index is 9.73. The summed E-state index contributed by atoms with van der Waals surface area (Å²) in [5, 5.41) is 9.73. The van der Waals surface area contributed by atoms with Gasteiger partial charge in [0.2, 0.25) is 5.95 Å². The minimum absolute atomic E-state index is 0.260. The van der Waals surface area contributed by atoms with Gasteiger partial charge in [-0.2, -0.15) is 0 Å². The van der Waals surface area contributed by atoms with Gasteiger partial charge in [0.15, 0.2) is 0 Å². The molecule has 0 unspecified atom stereocenters. The summed E-state index contributed by atoms with van der Waals surface area (Å²) in [7, 11) is 0. The Hall–Kier alpha value is -1.97. The number of hydrogen-bond acceptors (Lipinski definition) is 3. The van der Waals surface area contributed by atoms with Crippen LogP contribution in [0.2, 0.25) is 0 Å². The first-order valence-corrected chi connectivity index (χ1v) is 4.88. The van der Waals surface area contributed by atoms with Gasteiger partial charge in [-0.15, -0.1) is 0 Å². The average Bonchev–Trinajstić information content (AvgIpc) is 2.75. The second-order valence-electron chi connectivity index (χ2n) is 3.15. The van der Waals surface area contributed by atoms with E-state index in [9.17, 15) is 5.11 Å². The van der Waals surface area contributed by atoms with E-state index in [1.165, 1.54) is 0 Å². The van der Waals surface area contributed by atoms with Gasteiger partial charge in [0, 0.05) is 18.9 Å². The van der Waals surface area contributed by atoms with Crippen LogP contribution in [0.3, 0.4) is 0 Å². The van der Waals surface area contributed by atoms with E-state index in [1.807, 2.05) is 24.0 Å². The van der Waals surface area contributed by atoms with Crippen LogP contribution in [-0.2, 0) is 0 Å². The summed E-state index contributed by atoms with van der Waals surface area (Å²) in [5.74, 6) is 0.995. The fourth-order valence-corrected chi connectivity index (χ4v) is 1.53. The third kappa shape index (κ3) is 1.79. The SMILES string of the molecule is CCN(c1ncc[nH]1)c1ccccc1O. The zero-order valence-corrected chi connectivity index (χ0v) is 8.51. The van der Waals surface area contributed by atoms with Gasteiger partial charge < -0.3 is 15.0 Å². The van der Waals surface area contributed by atoms with Gasteiger partial charge >= 0.3 is 0 Å². The molecule has 0 aliphatic heterocycles. The Morgan fingerprint density at radius 1 is 1.40 bits per heavy atom. The molecule has 4 heteroatoms. The van der Waals surface area contributed by atoms with Gasteiger partial charge in [0.1, 0.15) is 5.75 Å². The number of phenolic OH excluding ortho intramolecular Hbond substituents is 1. The number of nitrogens with zero attached hydrogens (tertiary/aromatic N) is 2. The molecule has 0 spiro atoms. The van der Waals surface area contributed by atoms with Crippen molar-refractivity contribution in [2.24, 2.45) is 0 Å². The highest BCUT2D eigenvalue weighted by Gasteiger charge is 2.12. The van der Waals surface area contributed by atoms with E-state index in [-0.39, 0.29) is 5.75 Å². The molecular weight excluding hydrogens is 190 g/mol. The van der Waals surface area contributed by atoms with Crippen LogP contribution in [0.25, 0.3) is 0 Å². The van der Waals surface area contributed by atoms with Crippen molar-refractivity contribution in [3.63, 3.8) is 0 Å². The Morgan fingerprint density at radius 3 is 2.80 bits per heavy atom. The van der Waals surface area contributed by atoms with Gasteiger partial charge in [-0.1, -0.05) is 12.1 Å². The fourth-order valence-electron chi connectivity index (χ4n) is 1.53. The van der Waals surface area contributed by atoms with Gasteiger partial charge in [-0.25, -0.2) is 4.98 Å². The molecule has 1 aromatic carbocycles. The van der Waals surface area contributed by atoms with Crippen LogP contribution in [-0.4, -0.2) is 21.6 Å². The second kappa shape index (κ2) is 4.04. The highest BCUT2D eigenvalue weighted by molar-refractivity contribution is 5.64. The molecule has 0 aliphatic carbocycles. The lowest BCUT2D eigenvalue weighted by molar-refractivity contribution is 0.475. The van der Waals surface area contributed by atoms with Crippen LogP contribution in [0, 0.1) is 0 Å². The molecule has 15 heavy (non-hydrogen) atoms. The number of aromatic amines is 1. The zero-order valence-electron chi connectivity index (χ0n) is 8.51. The zero-order chi connectivity index (χ0) is 10.7. The van der Waals surface area contributed by atoms with Crippen molar-refractivity contribution >= 4 is 11.6 Å². The molecule has 0 fully saturated rings. The number of anilines is 2. The van der Waals surface area contributed by atoms with E-state index in [0.29, 0.717) is 0 Å². The Morgan fingerprint density at radius 2 is 2.20 bits per heavy atom. The van der Waals surface area contributed by atoms with Crippen molar-refractivity contribution in [2.75, 3.05) is 11.4 Å². The summed E-state index contributed by atoms with van der Waals surface area (Å²) in [6.07, 6.45) is 3.45. The molecule has 78 valence electrons. The predicted molar refractivity (Wildman–Crippen MR) is 59.4 cm³/mol. The number of hydrogen-bond donors (Lipinski definition) is 2. The van der Waals surface area contributed by atoms with Gasteiger partial charge in [-0.3, -0.25) is 0 Å². The molecule has 2 rings (SSSR count). The monoisotopic (exact) mass is 203 g/mol. The van der Waals surface area contributed by atoms with E-state index >= 15 is 0 Å². The van der Waals surface area contributed by atoms with Crippen molar-refractivity contribution in [2.45, 2.75) is 6.92 Å². The van der Waals surface area contributed by atoms with Crippen molar-refractivity contribution in [3.8, 4) is 5.75 Å².